The zero-order valence-electron chi connectivity index (χ0n) is 14.7. The Kier molecular flexibility index (Phi) is 6.30. The van der Waals surface area contributed by atoms with Crippen molar-refractivity contribution >= 4 is 16.8 Å². The summed E-state index contributed by atoms with van der Waals surface area (Å²) < 4.78 is 0. The van der Waals surface area contributed by atoms with Crippen LogP contribution in [0.25, 0.3) is 22.2 Å². The first-order chi connectivity index (χ1) is 12.8. The minimum absolute atomic E-state index is 0.0698. The van der Waals surface area contributed by atoms with Crippen LogP contribution in [-0.4, -0.2) is 37.1 Å². The Morgan fingerprint density at radius 1 is 0.962 bits per heavy atom. The van der Waals surface area contributed by atoms with Gasteiger partial charge in [0.1, 0.15) is 0 Å². The van der Waals surface area contributed by atoms with E-state index in [2.05, 4.69) is 10.6 Å². The van der Waals surface area contributed by atoms with Gasteiger partial charge in [-0.15, -0.1) is 0 Å². The average molecular weight is 348 g/mol. The van der Waals surface area contributed by atoms with E-state index in [9.17, 15) is 4.79 Å². The monoisotopic (exact) mass is 348 g/mol. The number of hydrogen-bond acceptors (Lipinski definition) is 4. The zero-order valence-corrected chi connectivity index (χ0v) is 14.7. The number of hydrogen-bond donors (Lipinski definition) is 3. The molecule has 0 saturated heterocycles. The number of aromatic nitrogens is 1. The lowest BCUT2D eigenvalue weighted by Crippen LogP contribution is -2.29. The molecule has 2 aromatic carbocycles. The molecular weight excluding hydrogens is 324 g/mol. The number of nitrogens with zero attached hydrogens (tertiary/aromatic N) is 1. The van der Waals surface area contributed by atoms with Gasteiger partial charge < -0.3 is 16.4 Å². The van der Waals surface area contributed by atoms with Crippen LogP contribution in [0.2, 0.25) is 0 Å². The summed E-state index contributed by atoms with van der Waals surface area (Å²) >= 11 is 0. The first-order valence-corrected chi connectivity index (χ1v) is 8.94. The number of carbonyl (C=O) groups excluding carboxylic acids is 1. The maximum Gasteiger partial charge on any atom is 0.252 e. The third-order valence-electron chi connectivity index (χ3n) is 4.17. The molecule has 3 rings (SSSR count). The quantitative estimate of drug-likeness (QED) is 0.547. The molecule has 0 atom stereocenters. The van der Waals surface area contributed by atoms with Gasteiger partial charge in [-0.3, -0.25) is 4.79 Å². The lowest BCUT2D eigenvalue weighted by atomic mass is 10.0. The summed E-state index contributed by atoms with van der Waals surface area (Å²) in [6.45, 7) is 2.87. The fourth-order valence-corrected chi connectivity index (χ4v) is 2.86. The largest absolute Gasteiger partial charge is 0.352 e. The highest BCUT2D eigenvalue weighted by molar-refractivity contribution is 6.07. The summed E-state index contributed by atoms with van der Waals surface area (Å²) in [5, 5.41) is 7.10. The van der Waals surface area contributed by atoms with Crippen molar-refractivity contribution in [3.8, 4) is 11.3 Å². The Morgan fingerprint density at radius 3 is 2.54 bits per heavy atom. The molecule has 0 unspecified atom stereocenters. The Morgan fingerprint density at radius 2 is 1.73 bits per heavy atom. The number of para-hydroxylation sites is 1. The van der Waals surface area contributed by atoms with Crippen molar-refractivity contribution in [2.24, 2.45) is 5.73 Å². The molecule has 0 aliphatic rings. The molecule has 0 spiro atoms. The summed E-state index contributed by atoms with van der Waals surface area (Å²) in [4.78, 5) is 17.5. The summed E-state index contributed by atoms with van der Waals surface area (Å²) in [6, 6.07) is 19.5. The normalized spacial score (nSPS) is 10.8. The van der Waals surface area contributed by atoms with E-state index in [1.54, 1.807) is 0 Å². The van der Waals surface area contributed by atoms with Crippen LogP contribution in [0.4, 0.5) is 0 Å². The summed E-state index contributed by atoms with van der Waals surface area (Å²) in [5.41, 5.74) is 8.73. The molecule has 0 bridgehead atoms. The maximum absolute atomic E-state index is 12.8. The highest BCUT2D eigenvalue weighted by Gasteiger charge is 2.13. The minimum atomic E-state index is -0.0698. The van der Waals surface area contributed by atoms with Crippen molar-refractivity contribution in [3.05, 3.63) is 66.2 Å². The molecule has 4 N–H and O–H groups in total. The standard InChI is InChI=1S/C21H24N4O/c22-11-14-23-12-6-13-24-21(26)18-15-20(16-7-2-1-3-8-16)25-19-10-5-4-9-17(18)19/h1-5,7-10,15,23H,6,11-14,22H2,(H,24,26). The third-order valence-corrected chi connectivity index (χ3v) is 4.17. The number of benzene rings is 2. The fourth-order valence-electron chi connectivity index (χ4n) is 2.86. The molecule has 0 fully saturated rings. The summed E-state index contributed by atoms with van der Waals surface area (Å²) in [7, 11) is 0. The predicted octanol–water partition coefficient (Wildman–Crippen LogP) is 2.57. The average Bonchev–Trinajstić information content (AvgIpc) is 2.70. The van der Waals surface area contributed by atoms with Gasteiger partial charge in [0, 0.05) is 30.6 Å². The Hall–Kier alpha value is -2.76. The molecule has 3 aromatic rings. The molecule has 0 radical (unpaired) electrons. The smallest absolute Gasteiger partial charge is 0.252 e. The van der Waals surface area contributed by atoms with Crippen molar-refractivity contribution < 1.29 is 4.79 Å². The molecule has 5 nitrogen and oxygen atoms in total. The minimum Gasteiger partial charge on any atom is -0.352 e. The summed E-state index contributed by atoms with van der Waals surface area (Å²) in [6.07, 6.45) is 0.861. The van der Waals surface area contributed by atoms with E-state index >= 15 is 0 Å². The van der Waals surface area contributed by atoms with Crippen LogP contribution in [0.3, 0.4) is 0 Å². The first kappa shape index (κ1) is 18.0. The molecule has 0 saturated carbocycles. The molecule has 26 heavy (non-hydrogen) atoms. The van der Waals surface area contributed by atoms with Crippen LogP contribution in [0.15, 0.2) is 60.7 Å². The van der Waals surface area contributed by atoms with Crippen molar-refractivity contribution in [3.63, 3.8) is 0 Å². The van der Waals surface area contributed by atoms with Crippen molar-refractivity contribution in [2.75, 3.05) is 26.2 Å². The van der Waals surface area contributed by atoms with Gasteiger partial charge in [-0.1, -0.05) is 48.5 Å². The van der Waals surface area contributed by atoms with Gasteiger partial charge in [0.2, 0.25) is 0 Å². The molecule has 5 heteroatoms. The zero-order chi connectivity index (χ0) is 18.2. The van der Waals surface area contributed by atoms with Crippen LogP contribution < -0.4 is 16.4 Å². The lowest BCUT2D eigenvalue weighted by molar-refractivity contribution is 0.0955. The van der Waals surface area contributed by atoms with Gasteiger partial charge in [-0.2, -0.15) is 0 Å². The van der Waals surface area contributed by atoms with Crippen LogP contribution in [0, 0.1) is 0 Å². The highest BCUT2D eigenvalue weighted by Crippen LogP contribution is 2.24. The molecule has 134 valence electrons. The lowest BCUT2D eigenvalue weighted by Gasteiger charge is -2.11. The molecular formula is C21H24N4O. The van der Waals surface area contributed by atoms with E-state index in [1.807, 2.05) is 60.7 Å². The number of carbonyl (C=O) groups is 1. The Bertz CT molecular complexity index is 864. The fraction of sp³-hybridized carbons (Fsp3) is 0.238. The van der Waals surface area contributed by atoms with E-state index in [0.717, 1.165) is 41.7 Å². The highest BCUT2D eigenvalue weighted by atomic mass is 16.1. The Balaban J connectivity index is 1.81. The predicted molar refractivity (Wildman–Crippen MR) is 106 cm³/mol. The Labute approximate surface area is 153 Å². The van der Waals surface area contributed by atoms with Gasteiger partial charge in [0.25, 0.3) is 5.91 Å². The van der Waals surface area contributed by atoms with Gasteiger partial charge in [0.05, 0.1) is 16.8 Å². The SMILES string of the molecule is NCCNCCCNC(=O)c1cc(-c2ccccc2)nc2ccccc12. The van der Waals surface area contributed by atoms with Gasteiger partial charge >= 0.3 is 0 Å². The molecule has 1 heterocycles. The number of nitrogens with one attached hydrogen (secondary N) is 2. The van der Waals surface area contributed by atoms with Gasteiger partial charge in [0.15, 0.2) is 0 Å². The number of rotatable bonds is 8. The van der Waals surface area contributed by atoms with Crippen LogP contribution in [0.5, 0.6) is 0 Å². The van der Waals surface area contributed by atoms with Crippen LogP contribution in [-0.2, 0) is 0 Å². The molecule has 0 aliphatic heterocycles. The van der Waals surface area contributed by atoms with E-state index in [-0.39, 0.29) is 5.91 Å². The van der Waals surface area contributed by atoms with Crippen LogP contribution >= 0.6 is 0 Å². The number of amides is 1. The second-order valence-corrected chi connectivity index (χ2v) is 6.09. The van der Waals surface area contributed by atoms with E-state index < -0.39 is 0 Å². The second-order valence-electron chi connectivity index (χ2n) is 6.09. The summed E-state index contributed by atoms with van der Waals surface area (Å²) in [5.74, 6) is -0.0698. The first-order valence-electron chi connectivity index (χ1n) is 8.94. The second kappa shape index (κ2) is 9.08. The van der Waals surface area contributed by atoms with Crippen molar-refractivity contribution in [2.45, 2.75) is 6.42 Å². The topological polar surface area (TPSA) is 80.0 Å². The van der Waals surface area contributed by atoms with E-state index in [4.69, 9.17) is 10.7 Å². The molecule has 1 amide bonds. The van der Waals surface area contributed by atoms with Crippen LogP contribution in [0.1, 0.15) is 16.8 Å². The van der Waals surface area contributed by atoms with Gasteiger partial charge in [-0.05, 0) is 25.1 Å². The van der Waals surface area contributed by atoms with Crippen molar-refractivity contribution in [1.82, 2.24) is 15.6 Å². The maximum atomic E-state index is 12.8. The van der Waals surface area contributed by atoms with E-state index in [1.165, 1.54) is 0 Å². The number of pyridine rings is 1. The number of nitrogens with two attached hydrogens (primary N) is 1. The van der Waals surface area contributed by atoms with E-state index in [0.29, 0.717) is 18.7 Å². The van der Waals surface area contributed by atoms with Crippen molar-refractivity contribution in [1.29, 1.82) is 0 Å². The van der Waals surface area contributed by atoms with Gasteiger partial charge in [-0.25, -0.2) is 4.98 Å². The molecule has 0 aliphatic carbocycles. The molecule has 1 aromatic heterocycles. The number of fused-ring (bicyclic) bond motifs is 1. The third kappa shape index (κ3) is 4.45.